The Labute approximate surface area is 99.1 Å². The van der Waals surface area contributed by atoms with E-state index in [-0.39, 0.29) is 0 Å². The highest BCUT2D eigenvalue weighted by Crippen LogP contribution is 2.20. The summed E-state index contributed by atoms with van der Waals surface area (Å²) in [4.78, 5) is 0. The number of anilines is 2. The zero-order valence-electron chi connectivity index (χ0n) is 8.44. The van der Waals surface area contributed by atoms with E-state index >= 15 is 0 Å². The molecule has 1 N–H and O–H groups in total. The molecule has 0 radical (unpaired) electrons. The molecular weight excluding hydrogens is 220 g/mol. The fourth-order valence-electron chi connectivity index (χ4n) is 1.40. The zero-order valence-corrected chi connectivity index (χ0v) is 9.20. The van der Waals surface area contributed by atoms with Gasteiger partial charge in [-0.05, 0) is 36.4 Å². The summed E-state index contributed by atoms with van der Waals surface area (Å²) in [6.07, 6.45) is 0. The molecule has 0 fully saturated rings. The van der Waals surface area contributed by atoms with Crippen molar-refractivity contribution in [3.63, 3.8) is 0 Å². The van der Waals surface area contributed by atoms with E-state index in [9.17, 15) is 0 Å². The van der Waals surface area contributed by atoms with Gasteiger partial charge >= 0.3 is 0 Å². The molecule has 0 aliphatic carbocycles. The van der Waals surface area contributed by atoms with Gasteiger partial charge in [0, 0.05) is 16.4 Å². The molecule has 2 nitrogen and oxygen atoms in total. The van der Waals surface area contributed by atoms with Crippen LogP contribution >= 0.6 is 11.6 Å². The monoisotopic (exact) mass is 228 g/mol. The average Bonchev–Trinajstić information content (AvgIpc) is 2.29. The van der Waals surface area contributed by atoms with Crippen LogP contribution in [0.3, 0.4) is 0 Å². The van der Waals surface area contributed by atoms with Gasteiger partial charge in [0.15, 0.2) is 0 Å². The van der Waals surface area contributed by atoms with Crippen molar-refractivity contribution in [1.82, 2.24) is 0 Å². The Morgan fingerprint density at radius 1 is 1.00 bits per heavy atom. The molecule has 0 aliphatic rings. The number of hydrogen-bond acceptors (Lipinski definition) is 2. The molecule has 0 unspecified atom stereocenters. The van der Waals surface area contributed by atoms with Crippen molar-refractivity contribution in [2.24, 2.45) is 0 Å². The van der Waals surface area contributed by atoms with Gasteiger partial charge in [-0.1, -0.05) is 23.7 Å². The standard InChI is InChI=1S/C13H9ClN2/c14-11-4-2-6-13(8-11)16-12-5-1-3-10(7-12)9-15/h1-8,16H. The third-order valence-electron chi connectivity index (χ3n) is 2.10. The van der Waals surface area contributed by atoms with Gasteiger partial charge in [-0.2, -0.15) is 5.26 Å². The molecule has 3 heteroatoms. The molecule has 0 aromatic heterocycles. The lowest BCUT2D eigenvalue weighted by molar-refractivity contribution is 1.47. The van der Waals surface area contributed by atoms with E-state index in [2.05, 4.69) is 11.4 Å². The zero-order chi connectivity index (χ0) is 11.4. The molecule has 0 spiro atoms. The van der Waals surface area contributed by atoms with E-state index in [0.717, 1.165) is 11.4 Å². The van der Waals surface area contributed by atoms with Gasteiger partial charge in [-0.25, -0.2) is 0 Å². The first-order chi connectivity index (χ1) is 7.78. The van der Waals surface area contributed by atoms with E-state index < -0.39 is 0 Å². The van der Waals surface area contributed by atoms with Gasteiger partial charge in [0.2, 0.25) is 0 Å². The van der Waals surface area contributed by atoms with Crippen LogP contribution in [0.25, 0.3) is 0 Å². The highest BCUT2D eigenvalue weighted by Gasteiger charge is 1.96. The maximum Gasteiger partial charge on any atom is 0.0992 e. The minimum absolute atomic E-state index is 0.632. The number of rotatable bonds is 2. The SMILES string of the molecule is N#Cc1cccc(Nc2cccc(Cl)c2)c1. The summed E-state index contributed by atoms with van der Waals surface area (Å²) < 4.78 is 0. The van der Waals surface area contributed by atoms with E-state index in [4.69, 9.17) is 16.9 Å². The third kappa shape index (κ3) is 2.53. The molecular formula is C13H9ClN2. The highest BCUT2D eigenvalue weighted by atomic mass is 35.5. The number of halogens is 1. The number of nitrogens with zero attached hydrogens (tertiary/aromatic N) is 1. The van der Waals surface area contributed by atoms with Crippen LogP contribution in [0.2, 0.25) is 5.02 Å². The minimum atomic E-state index is 0.632. The summed E-state index contributed by atoms with van der Waals surface area (Å²) in [6.45, 7) is 0. The van der Waals surface area contributed by atoms with Gasteiger partial charge in [0.1, 0.15) is 0 Å². The summed E-state index contributed by atoms with van der Waals surface area (Å²) in [5.41, 5.74) is 2.41. The fraction of sp³-hybridized carbons (Fsp3) is 0. The Hall–Kier alpha value is -1.98. The highest BCUT2D eigenvalue weighted by molar-refractivity contribution is 6.30. The van der Waals surface area contributed by atoms with Gasteiger partial charge in [0.05, 0.1) is 11.6 Å². The largest absolute Gasteiger partial charge is 0.355 e. The molecule has 0 amide bonds. The number of benzene rings is 2. The Kier molecular flexibility index (Phi) is 3.09. The van der Waals surface area contributed by atoms with Crippen molar-refractivity contribution in [3.8, 4) is 6.07 Å². The molecule has 0 saturated carbocycles. The third-order valence-corrected chi connectivity index (χ3v) is 2.34. The van der Waals surface area contributed by atoms with Crippen LogP contribution in [0.4, 0.5) is 11.4 Å². The van der Waals surface area contributed by atoms with Gasteiger partial charge in [-0.15, -0.1) is 0 Å². The van der Waals surface area contributed by atoms with Gasteiger partial charge in [-0.3, -0.25) is 0 Å². The van der Waals surface area contributed by atoms with Crippen molar-refractivity contribution in [3.05, 3.63) is 59.1 Å². The fourth-order valence-corrected chi connectivity index (χ4v) is 1.59. The average molecular weight is 229 g/mol. The lowest BCUT2D eigenvalue weighted by Crippen LogP contribution is -1.90. The predicted octanol–water partition coefficient (Wildman–Crippen LogP) is 3.96. The summed E-state index contributed by atoms with van der Waals surface area (Å²) in [7, 11) is 0. The van der Waals surface area contributed by atoms with Crippen LogP contribution < -0.4 is 5.32 Å². The van der Waals surface area contributed by atoms with Crippen LogP contribution in [0.1, 0.15) is 5.56 Å². The van der Waals surface area contributed by atoms with E-state index in [1.807, 2.05) is 36.4 Å². The summed E-state index contributed by atoms with van der Waals surface area (Å²) in [5, 5.41) is 12.6. The molecule has 2 rings (SSSR count). The van der Waals surface area contributed by atoms with Crippen molar-refractivity contribution in [1.29, 1.82) is 5.26 Å². The minimum Gasteiger partial charge on any atom is -0.355 e. The molecule has 0 aliphatic heterocycles. The van der Waals surface area contributed by atoms with Crippen LogP contribution in [-0.4, -0.2) is 0 Å². The van der Waals surface area contributed by atoms with Crippen LogP contribution in [0.15, 0.2) is 48.5 Å². The van der Waals surface area contributed by atoms with Crippen LogP contribution in [0.5, 0.6) is 0 Å². The Bertz CT molecular complexity index is 544. The second-order valence-electron chi connectivity index (χ2n) is 3.33. The summed E-state index contributed by atoms with van der Waals surface area (Å²) in [5.74, 6) is 0. The molecule has 0 heterocycles. The molecule has 2 aromatic rings. The predicted molar refractivity (Wildman–Crippen MR) is 65.9 cm³/mol. The maximum atomic E-state index is 8.77. The van der Waals surface area contributed by atoms with Gasteiger partial charge < -0.3 is 5.32 Å². The van der Waals surface area contributed by atoms with E-state index in [1.165, 1.54) is 0 Å². The number of nitrogens with one attached hydrogen (secondary N) is 1. The first kappa shape index (κ1) is 10.5. The van der Waals surface area contributed by atoms with Crippen molar-refractivity contribution < 1.29 is 0 Å². The van der Waals surface area contributed by atoms with E-state index in [0.29, 0.717) is 10.6 Å². The molecule has 2 aromatic carbocycles. The quantitative estimate of drug-likeness (QED) is 0.845. The second kappa shape index (κ2) is 4.69. The summed E-state index contributed by atoms with van der Waals surface area (Å²) in [6, 6.07) is 16.8. The summed E-state index contributed by atoms with van der Waals surface area (Å²) >= 11 is 5.88. The van der Waals surface area contributed by atoms with Crippen LogP contribution in [0, 0.1) is 11.3 Å². The van der Waals surface area contributed by atoms with E-state index in [1.54, 1.807) is 12.1 Å². The lowest BCUT2D eigenvalue weighted by atomic mass is 10.2. The molecule has 16 heavy (non-hydrogen) atoms. The van der Waals surface area contributed by atoms with Crippen molar-refractivity contribution in [2.45, 2.75) is 0 Å². The molecule has 0 bridgehead atoms. The smallest absolute Gasteiger partial charge is 0.0992 e. The number of hydrogen-bond donors (Lipinski definition) is 1. The second-order valence-corrected chi connectivity index (χ2v) is 3.76. The first-order valence-electron chi connectivity index (χ1n) is 4.81. The first-order valence-corrected chi connectivity index (χ1v) is 5.18. The molecule has 0 saturated heterocycles. The normalized spacial score (nSPS) is 9.50. The van der Waals surface area contributed by atoms with Gasteiger partial charge in [0.25, 0.3) is 0 Å². The Morgan fingerprint density at radius 2 is 1.69 bits per heavy atom. The topological polar surface area (TPSA) is 35.8 Å². The Balaban J connectivity index is 2.24. The van der Waals surface area contributed by atoms with Crippen molar-refractivity contribution >= 4 is 23.0 Å². The van der Waals surface area contributed by atoms with Crippen molar-refractivity contribution in [2.75, 3.05) is 5.32 Å². The van der Waals surface area contributed by atoms with Crippen LogP contribution in [-0.2, 0) is 0 Å². The lowest BCUT2D eigenvalue weighted by Gasteiger charge is -2.06. The Morgan fingerprint density at radius 3 is 2.38 bits per heavy atom. The molecule has 78 valence electrons. The maximum absolute atomic E-state index is 8.77. The molecule has 0 atom stereocenters. The number of nitriles is 1.